The Morgan fingerprint density at radius 2 is 1.94 bits per heavy atom. The van der Waals surface area contributed by atoms with E-state index < -0.39 is 0 Å². The van der Waals surface area contributed by atoms with E-state index in [1.807, 2.05) is 6.92 Å². The van der Waals surface area contributed by atoms with Crippen LogP contribution in [-0.2, 0) is 9.53 Å². The summed E-state index contributed by atoms with van der Waals surface area (Å²) in [5.41, 5.74) is 0. The Morgan fingerprint density at radius 1 is 1.17 bits per heavy atom. The summed E-state index contributed by atoms with van der Waals surface area (Å²) in [6.45, 7) is 4.39. The summed E-state index contributed by atoms with van der Waals surface area (Å²) in [5, 5.41) is -0.0530. The number of alkyl halides is 1. The van der Waals surface area contributed by atoms with Crippen LogP contribution in [0.4, 0.5) is 4.39 Å². The van der Waals surface area contributed by atoms with E-state index in [1.54, 1.807) is 11.8 Å². The molecular formula is C14H27FO2S. The van der Waals surface area contributed by atoms with Crippen molar-refractivity contribution < 1.29 is 13.9 Å². The Balaban J connectivity index is 3.93. The molecule has 0 rings (SSSR count). The fourth-order valence-corrected chi connectivity index (χ4v) is 2.76. The number of hydrogen-bond acceptors (Lipinski definition) is 3. The fraction of sp³-hybridized carbons (Fsp3) is 0.929. The van der Waals surface area contributed by atoms with E-state index in [4.69, 9.17) is 4.74 Å². The van der Waals surface area contributed by atoms with Crippen LogP contribution in [0.3, 0.4) is 0 Å². The van der Waals surface area contributed by atoms with Crippen LogP contribution in [0.5, 0.6) is 0 Å². The van der Waals surface area contributed by atoms with Gasteiger partial charge in [-0.3, -0.25) is 9.18 Å². The van der Waals surface area contributed by atoms with Gasteiger partial charge in [-0.2, -0.15) is 0 Å². The minimum atomic E-state index is -0.263. The first-order chi connectivity index (χ1) is 8.76. The number of carbonyl (C=O) groups is 1. The average molecular weight is 278 g/mol. The Kier molecular flexibility index (Phi) is 13.0. The third-order valence-corrected chi connectivity index (χ3v) is 3.98. The van der Waals surface area contributed by atoms with Gasteiger partial charge in [0.25, 0.3) is 0 Å². The van der Waals surface area contributed by atoms with Gasteiger partial charge in [-0.05, 0) is 31.4 Å². The molecule has 0 fully saturated rings. The zero-order valence-corrected chi connectivity index (χ0v) is 12.6. The molecule has 0 aromatic carbocycles. The zero-order valence-electron chi connectivity index (χ0n) is 11.8. The van der Waals surface area contributed by atoms with Crippen molar-refractivity contribution in [2.45, 2.75) is 64.0 Å². The number of hydrogen-bond donors (Lipinski definition) is 0. The van der Waals surface area contributed by atoms with Crippen LogP contribution in [-0.4, -0.2) is 30.3 Å². The van der Waals surface area contributed by atoms with Gasteiger partial charge in [0.2, 0.25) is 0 Å². The van der Waals surface area contributed by atoms with Gasteiger partial charge in [-0.25, -0.2) is 0 Å². The topological polar surface area (TPSA) is 26.3 Å². The molecule has 0 aliphatic heterocycles. The summed E-state index contributed by atoms with van der Waals surface area (Å²) >= 11 is 1.63. The predicted molar refractivity (Wildman–Crippen MR) is 76.8 cm³/mol. The Morgan fingerprint density at radius 3 is 2.56 bits per heavy atom. The number of rotatable bonds is 12. The molecule has 0 radical (unpaired) electrons. The van der Waals surface area contributed by atoms with Crippen LogP contribution < -0.4 is 0 Å². The monoisotopic (exact) mass is 278 g/mol. The van der Waals surface area contributed by atoms with Crippen molar-refractivity contribution in [2.24, 2.45) is 0 Å². The molecule has 0 bridgehead atoms. The molecule has 0 aliphatic carbocycles. The molecule has 0 aromatic heterocycles. The Hall–Kier alpha value is -0.250. The lowest BCUT2D eigenvalue weighted by Crippen LogP contribution is -2.21. The van der Waals surface area contributed by atoms with Crippen LogP contribution >= 0.6 is 11.8 Å². The molecule has 0 aliphatic rings. The van der Waals surface area contributed by atoms with E-state index in [0.717, 1.165) is 44.3 Å². The molecule has 18 heavy (non-hydrogen) atoms. The molecule has 1 unspecified atom stereocenters. The van der Waals surface area contributed by atoms with Crippen molar-refractivity contribution in [1.29, 1.82) is 0 Å². The average Bonchev–Trinajstić information content (AvgIpc) is 2.39. The van der Waals surface area contributed by atoms with Gasteiger partial charge >= 0.3 is 5.97 Å². The molecule has 0 aromatic rings. The zero-order chi connectivity index (χ0) is 13.6. The molecule has 108 valence electrons. The molecular weight excluding hydrogens is 251 g/mol. The second-order valence-electron chi connectivity index (χ2n) is 4.42. The van der Waals surface area contributed by atoms with E-state index >= 15 is 0 Å². The van der Waals surface area contributed by atoms with E-state index in [9.17, 15) is 9.18 Å². The van der Waals surface area contributed by atoms with Gasteiger partial charge in [0.05, 0.1) is 13.3 Å². The van der Waals surface area contributed by atoms with Crippen LogP contribution in [0.2, 0.25) is 0 Å². The standard InChI is InChI=1S/C14H27FO2S/c1-3-5-6-9-13(14(16)17-11-4-2)18-12-8-7-10-15/h13H,3-12H2,1-2H3. The van der Waals surface area contributed by atoms with Gasteiger partial charge < -0.3 is 4.74 Å². The van der Waals surface area contributed by atoms with Crippen LogP contribution in [0, 0.1) is 0 Å². The summed E-state index contributed by atoms with van der Waals surface area (Å²) in [6.07, 6.45) is 6.56. The highest BCUT2D eigenvalue weighted by molar-refractivity contribution is 8.00. The second-order valence-corrected chi connectivity index (χ2v) is 5.73. The highest BCUT2D eigenvalue weighted by Crippen LogP contribution is 2.21. The summed E-state index contributed by atoms with van der Waals surface area (Å²) in [5.74, 6) is 0.764. The van der Waals surface area contributed by atoms with Crippen LogP contribution in [0.1, 0.15) is 58.8 Å². The Labute approximate surface area is 115 Å². The third kappa shape index (κ3) is 9.75. The maximum atomic E-state index is 12.0. The summed E-state index contributed by atoms with van der Waals surface area (Å²) in [7, 11) is 0. The van der Waals surface area contributed by atoms with Crippen LogP contribution in [0.15, 0.2) is 0 Å². The molecule has 0 N–H and O–H groups in total. The number of carbonyl (C=O) groups excluding carboxylic acids is 1. The number of esters is 1. The van der Waals surface area contributed by atoms with Gasteiger partial charge in [0.15, 0.2) is 0 Å². The fourth-order valence-electron chi connectivity index (χ4n) is 1.57. The molecule has 0 saturated heterocycles. The van der Waals surface area contributed by atoms with E-state index in [-0.39, 0.29) is 17.9 Å². The highest BCUT2D eigenvalue weighted by atomic mass is 32.2. The summed E-state index contributed by atoms with van der Waals surface area (Å²) in [6, 6.07) is 0. The molecule has 4 heteroatoms. The maximum Gasteiger partial charge on any atom is 0.319 e. The van der Waals surface area contributed by atoms with Crippen molar-refractivity contribution in [1.82, 2.24) is 0 Å². The smallest absolute Gasteiger partial charge is 0.319 e. The summed E-state index contributed by atoms with van der Waals surface area (Å²) < 4.78 is 17.2. The van der Waals surface area contributed by atoms with Crippen LogP contribution in [0.25, 0.3) is 0 Å². The third-order valence-electron chi connectivity index (χ3n) is 2.63. The van der Waals surface area contributed by atoms with Crippen molar-refractivity contribution in [3.63, 3.8) is 0 Å². The molecule has 0 amide bonds. The SMILES string of the molecule is CCCCCC(SCCCCF)C(=O)OCCC. The van der Waals surface area contributed by atoms with Crippen molar-refractivity contribution >= 4 is 17.7 Å². The molecule has 0 spiro atoms. The maximum absolute atomic E-state index is 12.0. The minimum absolute atomic E-state index is 0.0530. The van der Waals surface area contributed by atoms with Gasteiger partial charge in [0, 0.05) is 0 Å². The minimum Gasteiger partial charge on any atom is -0.465 e. The number of ether oxygens (including phenoxy) is 1. The van der Waals surface area contributed by atoms with Crippen molar-refractivity contribution in [3.05, 3.63) is 0 Å². The van der Waals surface area contributed by atoms with E-state index in [0.29, 0.717) is 13.0 Å². The van der Waals surface area contributed by atoms with Gasteiger partial charge in [-0.1, -0.05) is 33.1 Å². The largest absolute Gasteiger partial charge is 0.465 e. The predicted octanol–water partition coefficient (Wildman–Crippen LogP) is 4.37. The van der Waals surface area contributed by atoms with Gasteiger partial charge in [-0.15, -0.1) is 11.8 Å². The normalized spacial score (nSPS) is 12.4. The van der Waals surface area contributed by atoms with E-state index in [2.05, 4.69) is 6.92 Å². The molecule has 1 atom stereocenters. The number of unbranched alkanes of at least 4 members (excludes halogenated alkanes) is 3. The molecule has 0 heterocycles. The first-order valence-electron chi connectivity index (χ1n) is 7.10. The first kappa shape index (κ1) is 17.8. The first-order valence-corrected chi connectivity index (χ1v) is 8.15. The molecule has 2 nitrogen and oxygen atoms in total. The number of thioether (sulfide) groups is 1. The highest BCUT2D eigenvalue weighted by Gasteiger charge is 2.19. The lowest BCUT2D eigenvalue weighted by Gasteiger charge is -2.15. The second kappa shape index (κ2) is 13.2. The quantitative estimate of drug-likeness (QED) is 0.391. The van der Waals surface area contributed by atoms with Crippen molar-refractivity contribution in [2.75, 3.05) is 19.0 Å². The number of halogens is 1. The van der Waals surface area contributed by atoms with E-state index in [1.165, 1.54) is 0 Å². The van der Waals surface area contributed by atoms with Crippen molar-refractivity contribution in [3.8, 4) is 0 Å². The summed E-state index contributed by atoms with van der Waals surface area (Å²) in [4.78, 5) is 11.8. The lowest BCUT2D eigenvalue weighted by atomic mass is 10.1. The van der Waals surface area contributed by atoms with Gasteiger partial charge in [0.1, 0.15) is 5.25 Å². The molecule has 0 saturated carbocycles. The Bertz CT molecular complexity index is 200. The lowest BCUT2D eigenvalue weighted by molar-refractivity contribution is -0.143.